The summed E-state index contributed by atoms with van der Waals surface area (Å²) in [7, 11) is 0. The fraction of sp³-hybridized carbons (Fsp3) is 0.444. The number of nitrogens with one attached hydrogen (secondary N) is 1. The molecule has 2 aromatic heterocycles. The summed E-state index contributed by atoms with van der Waals surface area (Å²) in [5, 5.41) is 12.6. The first kappa shape index (κ1) is 20.0. The van der Waals surface area contributed by atoms with Gasteiger partial charge in [-0.05, 0) is 6.92 Å². The molecule has 0 amide bonds. The van der Waals surface area contributed by atoms with E-state index in [1.165, 1.54) is 4.57 Å². The Morgan fingerprint density at radius 2 is 2.11 bits per heavy atom. The minimum Gasteiger partial charge on any atom is -0.481 e. The van der Waals surface area contributed by atoms with Crippen molar-refractivity contribution in [3.05, 3.63) is 23.0 Å². The zero-order valence-corrected chi connectivity index (χ0v) is 16.5. The molecule has 3 rings (SSSR count). The van der Waals surface area contributed by atoms with Gasteiger partial charge in [-0.1, -0.05) is 23.8 Å². The highest BCUT2D eigenvalue weighted by atomic mass is 32.2. The van der Waals surface area contributed by atoms with Crippen LogP contribution in [-0.4, -0.2) is 62.1 Å². The topological polar surface area (TPSA) is 105 Å². The third-order valence-corrected chi connectivity index (χ3v) is 5.22. The molecule has 2 aromatic rings. The summed E-state index contributed by atoms with van der Waals surface area (Å²) in [5.41, 5.74) is 0.409. The highest BCUT2D eigenvalue weighted by Gasteiger charge is 2.23. The van der Waals surface area contributed by atoms with Crippen LogP contribution in [0.1, 0.15) is 6.92 Å². The van der Waals surface area contributed by atoms with Gasteiger partial charge in [-0.25, -0.2) is 4.98 Å². The normalized spacial score (nSPS) is 14.0. The number of hydrogen-bond acceptors (Lipinski definition) is 7. The van der Waals surface area contributed by atoms with Crippen LogP contribution < -0.4 is 15.8 Å². The van der Waals surface area contributed by atoms with E-state index in [0.717, 1.165) is 37.9 Å². The second-order valence-electron chi connectivity index (χ2n) is 6.12. The van der Waals surface area contributed by atoms with Crippen LogP contribution in [0, 0.1) is 11.8 Å². The lowest BCUT2D eigenvalue weighted by Gasteiger charge is -2.28. The SMILES string of the molecule is C=CCn1c(SCC(=O)O)nc2nc(N3CCNCC3)n(CC#CC)c2c1=O. The van der Waals surface area contributed by atoms with Gasteiger partial charge >= 0.3 is 5.97 Å². The molecule has 0 aliphatic carbocycles. The van der Waals surface area contributed by atoms with Crippen molar-refractivity contribution in [2.75, 3.05) is 36.8 Å². The Kier molecular flexibility index (Phi) is 6.38. The van der Waals surface area contributed by atoms with Crippen molar-refractivity contribution in [2.45, 2.75) is 25.2 Å². The maximum Gasteiger partial charge on any atom is 0.313 e. The Hall–Kier alpha value is -2.77. The summed E-state index contributed by atoms with van der Waals surface area (Å²) in [5.74, 6) is 5.36. The van der Waals surface area contributed by atoms with E-state index in [1.54, 1.807) is 17.6 Å². The molecule has 0 bridgehead atoms. The summed E-state index contributed by atoms with van der Waals surface area (Å²) < 4.78 is 3.24. The zero-order valence-electron chi connectivity index (χ0n) is 15.6. The Labute approximate surface area is 166 Å². The standard InChI is InChI=1S/C18H22N6O3S/c1-3-5-9-23-14-15(20-17(23)22-10-6-19-7-11-22)21-18(28-12-13(25)26)24(8-4-2)16(14)27/h4,19H,2,6-12H2,1H3,(H,25,26). The fourth-order valence-corrected chi connectivity index (χ4v) is 3.74. The van der Waals surface area contributed by atoms with Crippen LogP contribution in [0.25, 0.3) is 11.2 Å². The summed E-state index contributed by atoms with van der Waals surface area (Å²) in [6.45, 7) is 9.20. The van der Waals surface area contributed by atoms with Gasteiger partial charge in [0.15, 0.2) is 16.3 Å². The Balaban J connectivity index is 2.20. The number of allylic oxidation sites excluding steroid dienone is 1. The van der Waals surface area contributed by atoms with Crippen molar-refractivity contribution in [3.63, 3.8) is 0 Å². The first-order valence-corrected chi connectivity index (χ1v) is 9.87. The molecular weight excluding hydrogens is 380 g/mol. The molecule has 10 heteroatoms. The van der Waals surface area contributed by atoms with Gasteiger partial charge in [0, 0.05) is 32.7 Å². The number of aromatic nitrogens is 4. The van der Waals surface area contributed by atoms with Crippen LogP contribution in [0.4, 0.5) is 5.95 Å². The van der Waals surface area contributed by atoms with Gasteiger partial charge in [0.1, 0.15) is 0 Å². The van der Waals surface area contributed by atoms with E-state index in [2.05, 4.69) is 38.6 Å². The van der Waals surface area contributed by atoms with E-state index in [-0.39, 0.29) is 17.9 Å². The first-order valence-electron chi connectivity index (χ1n) is 8.88. The van der Waals surface area contributed by atoms with Crippen molar-refractivity contribution < 1.29 is 9.90 Å². The van der Waals surface area contributed by atoms with E-state index in [4.69, 9.17) is 5.11 Å². The van der Waals surface area contributed by atoms with Gasteiger partial charge in [-0.2, -0.15) is 4.98 Å². The van der Waals surface area contributed by atoms with Crippen molar-refractivity contribution in [1.82, 2.24) is 24.4 Å². The third kappa shape index (κ3) is 4.05. The average Bonchev–Trinajstić information content (AvgIpc) is 3.06. The number of carbonyl (C=O) groups is 1. The maximum atomic E-state index is 13.2. The Morgan fingerprint density at radius 1 is 1.36 bits per heavy atom. The maximum absolute atomic E-state index is 13.2. The van der Waals surface area contributed by atoms with E-state index in [1.807, 2.05) is 0 Å². The lowest BCUT2D eigenvalue weighted by Crippen LogP contribution is -2.44. The largest absolute Gasteiger partial charge is 0.481 e. The molecule has 1 saturated heterocycles. The van der Waals surface area contributed by atoms with Gasteiger partial charge in [0.2, 0.25) is 5.95 Å². The van der Waals surface area contributed by atoms with E-state index < -0.39 is 5.97 Å². The highest BCUT2D eigenvalue weighted by molar-refractivity contribution is 7.99. The molecule has 0 saturated carbocycles. The number of fused-ring (bicyclic) bond motifs is 1. The number of thioether (sulfide) groups is 1. The van der Waals surface area contributed by atoms with Crippen LogP contribution in [0.5, 0.6) is 0 Å². The summed E-state index contributed by atoms with van der Waals surface area (Å²) in [4.78, 5) is 35.4. The zero-order chi connectivity index (χ0) is 20.1. The summed E-state index contributed by atoms with van der Waals surface area (Å²) in [6.07, 6.45) is 1.59. The van der Waals surface area contributed by atoms with Crippen molar-refractivity contribution in [1.29, 1.82) is 0 Å². The third-order valence-electron chi connectivity index (χ3n) is 4.26. The van der Waals surface area contributed by atoms with Crippen molar-refractivity contribution >= 4 is 34.8 Å². The monoisotopic (exact) mass is 402 g/mol. The van der Waals surface area contributed by atoms with Crippen LogP contribution >= 0.6 is 11.8 Å². The second-order valence-corrected chi connectivity index (χ2v) is 7.06. The van der Waals surface area contributed by atoms with Crippen LogP contribution in [0.15, 0.2) is 22.6 Å². The summed E-state index contributed by atoms with van der Waals surface area (Å²) >= 11 is 0.996. The number of rotatable bonds is 7. The average molecular weight is 402 g/mol. The molecule has 9 nitrogen and oxygen atoms in total. The van der Waals surface area contributed by atoms with Gasteiger partial charge in [0.05, 0.1) is 12.3 Å². The van der Waals surface area contributed by atoms with Crippen LogP contribution in [0.3, 0.4) is 0 Å². The highest BCUT2D eigenvalue weighted by Crippen LogP contribution is 2.23. The molecular formula is C18H22N6O3S. The number of anilines is 1. The second kappa shape index (κ2) is 8.95. The minimum absolute atomic E-state index is 0.193. The molecule has 1 aliphatic heterocycles. The smallest absolute Gasteiger partial charge is 0.313 e. The number of nitrogens with zero attached hydrogens (tertiary/aromatic N) is 5. The molecule has 28 heavy (non-hydrogen) atoms. The lowest BCUT2D eigenvalue weighted by molar-refractivity contribution is -0.133. The van der Waals surface area contributed by atoms with Gasteiger partial charge in [-0.15, -0.1) is 12.5 Å². The quantitative estimate of drug-likeness (QED) is 0.297. The number of hydrogen-bond donors (Lipinski definition) is 2. The van der Waals surface area contributed by atoms with Crippen molar-refractivity contribution in [2.24, 2.45) is 0 Å². The molecule has 0 atom stereocenters. The van der Waals surface area contributed by atoms with Crippen LogP contribution in [0.2, 0.25) is 0 Å². The predicted octanol–water partition coefficient (Wildman–Crippen LogP) is 0.389. The number of carboxylic acids is 1. The predicted molar refractivity (Wildman–Crippen MR) is 109 cm³/mol. The van der Waals surface area contributed by atoms with E-state index >= 15 is 0 Å². The summed E-state index contributed by atoms with van der Waals surface area (Å²) in [6, 6.07) is 0. The number of aliphatic carboxylic acids is 1. The van der Waals surface area contributed by atoms with Gasteiger partial charge in [-0.3, -0.25) is 18.7 Å². The molecule has 148 valence electrons. The Bertz CT molecular complexity index is 1010. The molecule has 0 aromatic carbocycles. The van der Waals surface area contributed by atoms with E-state index in [9.17, 15) is 9.59 Å². The first-order chi connectivity index (χ1) is 13.6. The molecule has 3 heterocycles. The fourth-order valence-electron chi connectivity index (χ4n) is 3.02. The molecule has 1 fully saturated rings. The molecule has 0 unspecified atom stereocenters. The minimum atomic E-state index is -0.977. The number of carboxylic acid groups (broad SMARTS) is 1. The molecule has 0 radical (unpaired) electrons. The molecule has 0 spiro atoms. The van der Waals surface area contributed by atoms with Crippen molar-refractivity contribution in [3.8, 4) is 11.8 Å². The van der Waals surface area contributed by atoms with Gasteiger partial charge < -0.3 is 15.3 Å². The lowest BCUT2D eigenvalue weighted by atomic mass is 10.4. The number of piperazine rings is 1. The molecule has 2 N–H and O–H groups in total. The van der Waals surface area contributed by atoms with Gasteiger partial charge in [0.25, 0.3) is 5.56 Å². The van der Waals surface area contributed by atoms with E-state index in [0.29, 0.717) is 28.8 Å². The Morgan fingerprint density at radius 3 is 2.75 bits per heavy atom. The van der Waals surface area contributed by atoms with Crippen LogP contribution in [-0.2, 0) is 17.9 Å². The molecule has 1 aliphatic rings. The number of imidazole rings is 1.